The SMILES string of the molecule is [B]\C(=C/C=C/C=C/C)c1ccc(Br)c(OC)c1. The molecule has 1 aromatic rings. The number of hydrogen-bond donors (Lipinski definition) is 0. The van der Waals surface area contributed by atoms with Crippen LogP contribution in [0.4, 0.5) is 0 Å². The summed E-state index contributed by atoms with van der Waals surface area (Å²) in [6, 6.07) is 5.77. The molecule has 0 aliphatic rings. The maximum absolute atomic E-state index is 5.97. The van der Waals surface area contributed by atoms with E-state index in [0.717, 1.165) is 15.8 Å². The fourth-order valence-electron chi connectivity index (χ4n) is 1.27. The van der Waals surface area contributed by atoms with E-state index in [1.54, 1.807) is 7.11 Å². The fraction of sp³-hybridized carbons (Fsp3) is 0.143. The van der Waals surface area contributed by atoms with Gasteiger partial charge in [0.2, 0.25) is 0 Å². The van der Waals surface area contributed by atoms with E-state index in [1.807, 2.05) is 55.5 Å². The molecule has 0 heterocycles. The molecule has 0 aliphatic carbocycles. The van der Waals surface area contributed by atoms with E-state index in [9.17, 15) is 0 Å². The molecule has 0 saturated heterocycles. The van der Waals surface area contributed by atoms with E-state index >= 15 is 0 Å². The quantitative estimate of drug-likeness (QED) is 0.599. The van der Waals surface area contributed by atoms with Crippen molar-refractivity contribution in [2.45, 2.75) is 6.92 Å². The van der Waals surface area contributed by atoms with E-state index in [1.165, 1.54) is 0 Å². The highest BCUT2D eigenvalue weighted by Crippen LogP contribution is 2.27. The third-order valence-electron chi connectivity index (χ3n) is 2.17. The van der Waals surface area contributed by atoms with Gasteiger partial charge in [0, 0.05) is 0 Å². The molecule has 86 valence electrons. The van der Waals surface area contributed by atoms with Crippen LogP contribution in [0.1, 0.15) is 12.5 Å². The molecule has 0 fully saturated rings. The Morgan fingerprint density at radius 2 is 2.06 bits per heavy atom. The Kier molecular flexibility index (Phi) is 5.85. The standard InChI is InChI=1S/C14H14BBrO/c1-3-4-5-6-7-12(15)11-8-9-13(16)14(10-11)17-2/h3-10H,1-2H3/b4-3+,6-5+,12-7-. The van der Waals surface area contributed by atoms with E-state index in [2.05, 4.69) is 15.9 Å². The monoisotopic (exact) mass is 288 g/mol. The van der Waals surface area contributed by atoms with E-state index in [-0.39, 0.29) is 0 Å². The lowest BCUT2D eigenvalue weighted by molar-refractivity contribution is 0.412. The zero-order chi connectivity index (χ0) is 12.7. The summed E-state index contributed by atoms with van der Waals surface area (Å²) in [7, 11) is 7.60. The number of allylic oxidation sites excluding steroid dienone is 5. The second-order valence-corrected chi connectivity index (χ2v) is 4.24. The lowest BCUT2D eigenvalue weighted by atomic mass is 9.88. The molecule has 0 saturated carbocycles. The van der Waals surface area contributed by atoms with Gasteiger partial charge >= 0.3 is 0 Å². The first-order chi connectivity index (χ1) is 8.19. The zero-order valence-electron chi connectivity index (χ0n) is 9.98. The molecule has 3 heteroatoms. The van der Waals surface area contributed by atoms with Crippen LogP contribution >= 0.6 is 15.9 Å². The van der Waals surface area contributed by atoms with Gasteiger partial charge < -0.3 is 4.74 Å². The molecular weight excluding hydrogens is 275 g/mol. The third-order valence-corrected chi connectivity index (χ3v) is 2.83. The summed E-state index contributed by atoms with van der Waals surface area (Å²) in [5, 5.41) is 0. The summed E-state index contributed by atoms with van der Waals surface area (Å²) < 4.78 is 6.14. The van der Waals surface area contributed by atoms with Crippen molar-refractivity contribution in [3.63, 3.8) is 0 Å². The summed E-state index contributed by atoms with van der Waals surface area (Å²) in [6.07, 6.45) is 9.62. The van der Waals surface area contributed by atoms with Crippen molar-refractivity contribution < 1.29 is 4.74 Å². The normalized spacial score (nSPS) is 12.5. The lowest BCUT2D eigenvalue weighted by Gasteiger charge is -2.06. The van der Waals surface area contributed by atoms with Crippen molar-refractivity contribution in [1.82, 2.24) is 0 Å². The maximum Gasteiger partial charge on any atom is 0.133 e. The molecule has 1 nitrogen and oxygen atoms in total. The van der Waals surface area contributed by atoms with Crippen LogP contribution in [0.15, 0.2) is 53.1 Å². The first-order valence-corrected chi connectivity index (χ1v) is 6.07. The van der Waals surface area contributed by atoms with Gasteiger partial charge in [-0.05, 0) is 40.5 Å². The van der Waals surface area contributed by atoms with Gasteiger partial charge in [0.25, 0.3) is 0 Å². The molecule has 17 heavy (non-hydrogen) atoms. The average molecular weight is 289 g/mol. The Bertz CT molecular complexity index is 461. The van der Waals surface area contributed by atoms with Crippen LogP contribution in [0.5, 0.6) is 5.75 Å². The Morgan fingerprint density at radius 1 is 1.29 bits per heavy atom. The van der Waals surface area contributed by atoms with Crippen molar-refractivity contribution in [3.8, 4) is 5.75 Å². The first kappa shape index (κ1) is 13.8. The fourth-order valence-corrected chi connectivity index (χ4v) is 1.68. The number of hydrogen-bond acceptors (Lipinski definition) is 1. The second-order valence-electron chi connectivity index (χ2n) is 3.38. The number of ether oxygens (including phenoxy) is 1. The summed E-state index contributed by atoms with van der Waals surface area (Å²) in [5.41, 5.74) is 1.65. The zero-order valence-corrected chi connectivity index (χ0v) is 11.6. The molecule has 0 unspecified atom stereocenters. The van der Waals surface area contributed by atoms with Gasteiger partial charge in [-0.3, -0.25) is 0 Å². The van der Waals surface area contributed by atoms with E-state index < -0.39 is 0 Å². The molecular formula is C14H14BBrO. The smallest absolute Gasteiger partial charge is 0.133 e. The van der Waals surface area contributed by atoms with Crippen LogP contribution in [0.25, 0.3) is 5.47 Å². The maximum atomic E-state index is 5.97. The first-order valence-electron chi connectivity index (χ1n) is 5.28. The number of methoxy groups -OCH3 is 1. The number of rotatable bonds is 4. The van der Waals surface area contributed by atoms with Gasteiger partial charge in [0.15, 0.2) is 0 Å². The van der Waals surface area contributed by atoms with Gasteiger partial charge in [0.05, 0.1) is 11.6 Å². The van der Waals surface area contributed by atoms with Crippen molar-refractivity contribution in [1.29, 1.82) is 0 Å². The molecule has 0 aliphatic heterocycles. The van der Waals surface area contributed by atoms with Crippen molar-refractivity contribution in [3.05, 3.63) is 58.6 Å². The van der Waals surface area contributed by atoms with Gasteiger partial charge in [-0.25, -0.2) is 0 Å². The topological polar surface area (TPSA) is 9.23 Å². The van der Waals surface area contributed by atoms with Crippen molar-refractivity contribution in [2.75, 3.05) is 7.11 Å². The van der Waals surface area contributed by atoms with Crippen LogP contribution in [0, 0.1) is 0 Å². The Balaban J connectivity index is 2.92. The van der Waals surface area contributed by atoms with Crippen molar-refractivity contribution in [2.24, 2.45) is 0 Å². The highest BCUT2D eigenvalue weighted by Gasteiger charge is 2.01. The molecule has 0 amide bonds. The highest BCUT2D eigenvalue weighted by atomic mass is 79.9. The third kappa shape index (κ3) is 4.27. The molecule has 0 N–H and O–H groups in total. The minimum absolute atomic E-state index is 0.705. The molecule has 0 aromatic heterocycles. The lowest BCUT2D eigenvalue weighted by Crippen LogP contribution is -1.88. The molecule has 1 aromatic carbocycles. The largest absolute Gasteiger partial charge is 0.496 e. The van der Waals surface area contributed by atoms with Gasteiger partial charge in [0.1, 0.15) is 13.6 Å². The summed E-state index contributed by atoms with van der Waals surface area (Å²) in [6.45, 7) is 1.97. The number of benzene rings is 1. The predicted molar refractivity (Wildman–Crippen MR) is 78.4 cm³/mol. The van der Waals surface area contributed by atoms with Gasteiger partial charge in [-0.2, -0.15) is 0 Å². The minimum atomic E-state index is 0.705. The summed E-state index contributed by atoms with van der Waals surface area (Å²) in [5.74, 6) is 0.774. The summed E-state index contributed by atoms with van der Waals surface area (Å²) >= 11 is 3.40. The molecule has 2 radical (unpaired) electrons. The summed E-state index contributed by atoms with van der Waals surface area (Å²) in [4.78, 5) is 0. The van der Waals surface area contributed by atoms with Gasteiger partial charge in [-0.1, -0.05) is 41.9 Å². The average Bonchev–Trinajstić information content (AvgIpc) is 2.35. The Morgan fingerprint density at radius 3 is 2.71 bits per heavy atom. The molecule has 0 spiro atoms. The highest BCUT2D eigenvalue weighted by molar-refractivity contribution is 9.10. The van der Waals surface area contributed by atoms with Crippen LogP contribution in [0.2, 0.25) is 0 Å². The molecule has 0 bridgehead atoms. The van der Waals surface area contributed by atoms with Crippen LogP contribution < -0.4 is 4.74 Å². The van der Waals surface area contributed by atoms with E-state index in [0.29, 0.717) is 5.47 Å². The molecule has 1 rings (SSSR count). The van der Waals surface area contributed by atoms with Crippen LogP contribution in [0.3, 0.4) is 0 Å². The Labute approximate surface area is 112 Å². The predicted octanol–water partition coefficient (Wildman–Crippen LogP) is 4.10. The van der Waals surface area contributed by atoms with E-state index in [4.69, 9.17) is 12.6 Å². The Hall–Kier alpha value is -1.22. The van der Waals surface area contributed by atoms with Crippen LogP contribution in [-0.4, -0.2) is 15.0 Å². The van der Waals surface area contributed by atoms with Gasteiger partial charge in [-0.15, -0.1) is 0 Å². The minimum Gasteiger partial charge on any atom is -0.496 e. The van der Waals surface area contributed by atoms with Crippen LogP contribution in [-0.2, 0) is 0 Å². The molecule has 0 atom stereocenters. The second kappa shape index (κ2) is 7.18. The van der Waals surface area contributed by atoms with Crippen molar-refractivity contribution >= 4 is 29.2 Å². The number of halogens is 1.